The normalized spacial score (nSPS) is 11.2. The highest BCUT2D eigenvalue weighted by molar-refractivity contribution is 6.03. The molecule has 0 N–H and O–H groups in total. The van der Waals surface area contributed by atoms with Gasteiger partial charge in [-0.05, 0) is 38.1 Å². The molecule has 0 saturated heterocycles. The Morgan fingerprint density at radius 3 is 1.35 bits per heavy atom. The van der Waals surface area contributed by atoms with Gasteiger partial charge in [0.25, 0.3) is 0 Å². The second kappa shape index (κ2) is 19.4. The van der Waals surface area contributed by atoms with Crippen LogP contribution in [0.3, 0.4) is 0 Å². The maximum absolute atomic E-state index is 12.8. The third-order valence-corrected chi connectivity index (χ3v) is 6.17. The molecule has 6 heteroatoms. The summed E-state index contributed by atoms with van der Waals surface area (Å²) < 4.78 is 11.1. The minimum absolute atomic E-state index is 0.230. The fourth-order valence-corrected chi connectivity index (χ4v) is 3.80. The van der Waals surface area contributed by atoms with Crippen LogP contribution in [0.2, 0.25) is 0 Å². The fourth-order valence-electron chi connectivity index (χ4n) is 3.80. The van der Waals surface area contributed by atoms with Crippen molar-refractivity contribution in [3.8, 4) is 0 Å². The van der Waals surface area contributed by atoms with Crippen LogP contribution in [0.25, 0.3) is 0 Å². The van der Waals surface area contributed by atoms with Crippen molar-refractivity contribution in [2.24, 2.45) is 0 Å². The van der Waals surface area contributed by atoms with E-state index >= 15 is 0 Å². The van der Waals surface area contributed by atoms with Gasteiger partial charge in [0.2, 0.25) is 0 Å². The molecule has 0 aliphatic carbocycles. The summed E-state index contributed by atoms with van der Waals surface area (Å²) in [5, 5.41) is 0. The van der Waals surface area contributed by atoms with Gasteiger partial charge in [-0.3, -0.25) is 9.80 Å². The van der Waals surface area contributed by atoms with Crippen molar-refractivity contribution in [1.29, 1.82) is 0 Å². The first-order valence-corrected chi connectivity index (χ1v) is 13.4. The molecule has 1 aromatic rings. The molecule has 0 bridgehead atoms. The maximum Gasteiger partial charge on any atom is 0.340 e. The molecule has 0 radical (unpaired) electrons. The smallest absolute Gasteiger partial charge is 0.340 e. The zero-order valence-corrected chi connectivity index (χ0v) is 22.2. The minimum atomic E-state index is -0.486. The Bertz CT molecular complexity index is 623. The predicted molar refractivity (Wildman–Crippen MR) is 139 cm³/mol. The van der Waals surface area contributed by atoms with Crippen LogP contribution in [0.4, 0.5) is 0 Å². The highest BCUT2D eigenvalue weighted by Gasteiger charge is 2.20. The molecule has 0 heterocycles. The molecular formula is C28H48N2O4. The Hall–Kier alpha value is -1.92. The van der Waals surface area contributed by atoms with Gasteiger partial charge in [-0.15, -0.1) is 0 Å². The van der Waals surface area contributed by atoms with Crippen LogP contribution in [0, 0.1) is 0 Å². The summed E-state index contributed by atoms with van der Waals surface area (Å²) in [7, 11) is 0. The summed E-state index contributed by atoms with van der Waals surface area (Å²) in [6.07, 6.45) is 12.1. The average Bonchev–Trinajstić information content (AvgIpc) is 2.87. The Morgan fingerprint density at radius 2 is 1.00 bits per heavy atom. The summed E-state index contributed by atoms with van der Waals surface area (Å²) in [6, 6.07) is 6.75. The molecule has 0 amide bonds. The van der Waals surface area contributed by atoms with Crippen LogP contribution in [0.15, 0.2) is 24.3 Å². The van der Waals surface area contributed by atoms with Gasteiger partial charge in [0.1, 0.15) is 13.5 Å². The van der Waals surface area contributed by atoms with Gasteiger partial charge >= 0.3 is 11.9 Å². The average molecular weight is 477 g/mol. The van der Waals surface area contributed by atoms with Crippen LogP contribution in [-0.4, -0.2) is 61.4 Å². The fraction of sp³-hybridized carbons (Fsp3) is 0.714. The lowest BCUT2D eigenvalue weighted by molar-refractivity contribution is 0.0180. The molecule has 0 unspecified atom stereocenters. The van der Waals surface area contributed by atoms with Gasteiger partial charge in [0.15, 0.2) is 0 Å². The Kier molecular flexibility index (Phi) is 17.2. The quantitative estimate of drug-likeness (QED) is 0.122. The highest BCUT2D eigenvalue weighted by Crippen LogP contribution is 2.13. The second-order valence-electron chi connectivity index (χ2n) is 8.92. The zero-order valence-electron chi connectivity index (χ0n) is 22.2. The van der Waals surface area contributed by atoms with Crippen LogP contribution >= 0.6 is 0 Å². The summed E-state index contributed by atoms with van der Waals surface area (Å²) in [5.74, 6) is -0.972. The van der Waals surface area contributed by atoms with Gasteiger partial charge in [-0.1, -0.05) is 91.2 Å². The van der Waals surface area contributed by atoms with Crippen molar-refractivity contribution in [3.05, 3.63) is 35.4 Å². The van der Waals surface area contributed by atoms with E-state index in [1.165, 1.54) is 51.4 Å². The molecule has 0 spiro atoms. The first-order valence-electron chi connectivity index (χ1n) is 13.4. The van der Waals surface area contributed by atoms with Gasteiger partial charge in [-0.2, -0.15) is 0 Å². The lowest BCUT2D eigenvalue weighted by Crippen LogP contribution is -2.30. The van der Waals surface area contributed by atoms with E-state index in [9.17, 15) is 9.59 Å². The number of hydrogen-bond acceptors (Lipinski definition) is 6. The minimum Gasteiger partial charge on any atom is -0.446 e. The number of nitrogens with zero attached hydrogens (tertiary/aromatic N) is 2. The van der Waals surface area contributed by atoms with Crippen LogP contribution in [0.1, 0.15) is 113 Å². The molecule has 0 aliphatic heterocycles. The largest absolute Gasteiger partial charge is 0.446 e. The van der Waals surface area contributed by atoms with E-state index in [0.29, 0.717) is 0 Å². The van der Waals surface area contributed by atoms with Crippen LogP contribution < -0.4 is 0 Å². The SMILES string of the molecule is CCCCCCCN(CC)COC(=O)c1ccccc1C(=O)OCN(CC)CCCCCCC. The van der Waals surface area contributed by atoms with E-state index in [4.69, 9.17) is 9.47 Å². The lowest BCUT2D eigenvalue weighted by Gasteiger charge is -2.21. The summed E-state index contributed by atoms with van der Waals surface area (Å²) >= 11 is 0. The van der Waals surface area contributed by atoms with Crippen molar-refractivity contribution in [2.45, 2.75) is 91.9 Å². The van der Waals surface area contributed by atoms with E-state index < -0.39 is 11.9 Å². The second-order valence-corrected chi connectivity index (χ2v) is 8.92. The molecule has 1 aromatic carbocycles. The maximum atomic E-state index is 12.8. The number of carbonyl (C=O) groups is 2. The molecule has 0 saturated carbocycles. The van der Waals surface area contributed by atoms with Gasteiger partial charge in [0, 0.05) is 13.1 Å². The van der Waals surface area contributed by atoms with Crippen LogP contribution in [0.5, 0.6) is 0 Å². The van der Waals surface area contributed by atoms with Crippen molar-refractivity contribution in [3.63, 3.8) is 0 Å². The number of hydrogen-bond donors (Lipinski definition) is 0. The number of unbranched alkanes of at least 4 members (excludes halogenated alkanes) is 8. The first-order chi connectivity index (χ1) is 16.6. The third kappa shape index (κ3) is 12.5. The topological polar surface area (TPSA) is 59.1 Å². The molecule has 1 rings (SSSR count). The van der Waals surface area contributed by atoms with Crippen LogP contribution in [-0.2, 0) is 9.47 Å². The van der Waals surface area contributed by atoms with Crippen molar-refractivity contribution >= 4 is 11.9 Å². The number of carbonyl (C=O) groups excluding carboxylic acids is 2. The molecule has 0 atom stereocenters. The number of ether oxygens (including phenoxy) is 2. The van der Waals surface area contributed by atoms with Crippen molar-refractivity contribution in [1.82, 2.24) is 9.80 Å². The Labute approximate surface area is 208 Å². The summed E-state index contributed by atoms with van der Waals surface area (Å²) in [4.78, 5) is 29.8. The van der Waals surface area contributed by atoms with E-state index in [1.807, 2.05) is 0 Å². The van der Waals surface area contributed by atoms with Gasteiger partial charge < -0.3 is 9.47 Å². The summed E-state index contributed by atoms with van der Waals surface area (Å²) in [6.45, 7) is 12.4. The Morgan fingerprint density at radius 1 is 0.618 bits per heavy atom. The zero-order chi connectivity index (χ0) is 25.0. The standard InChI is InChI=1S/C28H48N2O4/c1-5-9-11-13-17-21-29(7-3)23-33-27(31)25-19-15-16-20-26(25)28(32)34-24-30(8-4)22-18-14-12-10-6-2/h15-16,19-20H,5-14,17-18,21-24H2,1-4H3. The van der Waals surface area contributed by atoms with E-state index in [0.717, 1.165) is 39.0 Å². The van der Waals surface area contributed by atoms with Gasteiger partial charge in [-0.25, -0.2) is 9.59 Å². The molecule has 0 aromatic heterocycles. The summed E-state index contributed by atoms with van der Waals surface area (Å²) in [5.41, 5.74) is 0.517. The first kappa shape index (κ1) is 30.1. The van der Waals surface area contributed by atoms with E-state index in [2.05, 4.69) is 37.5 Å². The highest BCUT2D eigenvalue weighted by atomic mass is 16.6. The third-order valence-electron chi connectivity index (χ3n) is 6.17. The molecule has 34 heavy (non-hydrogen) atoms. The molecule has 6 nitrogen and oxygen atoms in total. The lowest BCUT2D eigenvalue weighted by atomic mass is 10.1. The molecule has 0 fully saturated rings. The van der Waals surface area contributed by atoms with E-state index in [-0.39, 0.29) is 24.6 Å². The Balaban J connectivity index is 2.54. The molecule has 194 valence electrons. The molecule has 0 aliphatic rings. The van der Waals surface area contributed by atoms with E-state index in [1.54, 1.807) is 24.3 Å². The number of benzene rings is 1. The monoisotopic (exact) mass is 476 g/mol. The van der Waals surface area contributed by atoms with Gasteiger partial charge in [0.05, 0.1) is 11.1 Å². The number of rotatable bonds is 20. The molecular weight excluding hydrogens is 428 g/mol. The number of esters is 2. The van der Waals surface area contributed by atoms with Crippen molar-refractivity contribution < 1.29 is 19.1 Å². The van der Waals surface area contributed by atoms with Crippen molar-refractivity contribution in [2.75, 3.05) is 39.6 Å². The predicted octanol–water partition coefficient (Wildman–Crippen LogP) is 6.50.